The third-order valence-electron chi connectivity index (χ3n) is 1.86. The van der Waals surface area contributed by atoms with E-state index in [2.05, 4.69) is 16.6 Å². The maximum absolute atomic E-state index is 12.4. The van der Waals surface area contributed by atoms with Crippen molar-refractivity contribution in [1.82, 2.24) is 0 Å². The Labute approximate surface area is 97.3 Å². The molecule has 17 heavy (non-hydrogen) atoms. The summed E-state index contributed by atoms with van der Waals surface area (Å²) in [4.78, 5) is 10.6. The minimum atomic E-state index is -5.19. The Bertz CT molecular complexity index is 288. The largest absolute Gasteiger partial charge is 0.463 e. The van der Waals surface area contributed by atoms with E-state index in [-0.39, 0.29) is 6.61 Å². The number of hydrogen-bond donors (Lipinski definition) is 0. The highest BCUT2D eigenvalue weighted by Crippen LogP contribution is 2.23. The van der Waals surface area contributed by atoms with E-state index in [0.717, 1.165) is 6.42 Å². The van der Waals surface area contributed by atoms with Gasteiger partial charge in [0.2, 0.25) is 0 Å². The van der Waals surface area contributed by atoms with Gasteiger partial charge in [-0.3, -0.25) is 0 Å². The van der Waals surface area contributed by atoms with Gasteiger partial charge in [0.05, 0.1) is 6.61 Å². The van der Waals surface area contributed by atoms with E-state index < -0.39 is 18.3 Å². The van der Waals surface area contributed by atoms with Crippen molar-refractivity contribution in [3.05, 3.63) is 0 Å². The monoisotopic (exact) mass is 254 g/mol. The van der Waals surface area contributed by atoms with Crippen LogP contribution < -0.4 is 0 Å². The highest BCUT2D eigenvalue weighted by molar-refractivity contribution is 5.75. The molecule has 0 amide bonds. The molecule has 0 aliphatic heterocycles. The minimum absolute atomic E-state index is 0.200. The number of ether oxygens (including phenoxy) is 1. The summed E-state index contributed by atoms with van der Waals surface area (Å²) in [7, 11) is 0. The van der Waals surface area contributed by atoms with Gasteiger partial charge in [-0.25, -0.2) is 9.18 Å². The molecule has 0 saturated carbocycles. The van der Waals surface area contributed by atoms with E-state index >= 15 is 0 Å². The number of alkyl halides is 4. The van der Waals surface area contributed by atoms with Crippen molar-refractivity contribution < 1.29 is 27.1 Å². The molecule has 0 saturated heterocycles. The van der Waals surface area contributed by atoms with Gasteiger partial charge in [-0.05, 0) is 26.2 Å². The second-order valence-corrected chi connectivity index (χ2v) is 3.31. The van der Waals surface area contributed by atoms with Crippen LogP contribution in [-0.4, -0.2) is 24.9 Å². The molecule has 0 N–H and O–H groups in total. The van der Waals surface area contributed by atoms with Gasteiger partial charge >= 0.3 is 12.1 Å². The molecule has 0 aromatic carbocycles. The normalized spacial score (nSPS) is 12.5. The molecule has 0 spiro atoms. The highest BCUT2D eigenvalue weighted by atomic mass is 19.4. The first kappa shape index (κ1) is 15.8. The first-order valence-electron chi connectivity index (χ1n) is 5.16. The third-order valence-corrected chi connectivity index (χ3v) is 1.86. The van der Waals surface area contributed by atoms with E-state index in [1.54, 1.807) is 6.92 Å². The first-order valence-corrected chi connectivity index (χ1v) is 5.16. The molecule has 0 aromatic heterocycles. The van der Waals surface area contributed by atoms with Crippen LogP contribution >= 0.6 is 0 Å². The van der Waals surface area contributed by atoms with E-state index in [4.69, 9.17) is 0 Å². The predicted molar refractivity (Wildman–Crippen MR) is 53.8 cm³/mol. The number of carbonyl (C=O) groups is 1. The van der Waals surface area contributed by atoms with Crippen LogP contribution in [0, 0.1) is 11.8 Å². The van der Waals surface area contributed by atoms with Gasteiger partial charge in [0.1, 0.15) is 0 Å². The molecule has 0 fully saturated rings. The van der Waals surface area contributed by atoms with Crippen LogP contribution in [0.1, 0.15) is 32.6 Å². The number of hydrogen-bond acceptors (Lipinski definition) is 2. The molecule has 0 radical (unpaired) electrons. The maximum atomic E-state index is 12.4. The summed E-state index contributed by atoms with van der Waals surface area (Å²) in [6, 6.07) is 0. The topological polar surface area (TPSA) is 26.3 Å². The molecule has 0 aliphatic rings. The fourth-order valence-electron chi connectivity index (χ4n) is 0.997. The molecule has 0 bridgehead atoms. The highest BCUT2D eigenvalue weighted by Gasteiger charge is 2.46. The molecule has 2 nitrogen and oxygen atoms in total. The van der Waals surface area contributed by atoms with Gasteiger partial charge in [0, 0.05) is 6.42 Å². The minimum Gasteiger partial charge on any atom is -0.463 e. The smallest absolute Gasteiger partial charge is 0.430 e. The molecule has 6 heteroatoms. The summed E-state index contributed by atoms with van der Waals surface area (Å²) in [5, 5.41) is 0. The van der Waals surface area contributed by atoms with Crippen molar-refractivity contribution in [2.24, 2.45) is 0 Å². The zero-order chi connectivity index (χ0) is 13.3. The average Bonchev–Trinajstić information content (AvgIpc) is 2.25. The second-order valence-electron chi connectivity index (χ2n) is 3.31. The fraction of sp³-hybridized carbons (Fsp3) is 0.727. The Morgan fingerprint density at radius 2 is 1.94 bits per heavy atom. The Hall–Kier alpha value is -1.25. The SMILES string of the molecule is CC#CCCCCCOC(=O)C(F)C(F)(F)F. The van der Waals surface area contributed by atoms with E-state index in [0.29, 0.717) is 19.3 Å². The van der Waals surface area contributed by atoms with E-state index in [9.17, 15) is 22.4 Å². The Morgan fingerprint density at radius 1 is 1.29 bits per heavy atom. The van der Waals surface area contributed by atoms with Crippen molar-refractivity contribution in [1.29, 1.82) is 0 Å². The predicted octanol–water partition coefficient (Wildman–Crippen LogP) is 3.01. The number of unbranched alkanes of at least 4 members (excludes halogenated alkanes) is 3. The van der Waals surface area contributed by atoms with E-state index in [1.807, 2.05) is 0 Å². The second kappa shape index (κ2) is 7.93. The molecule has 0 heterocycles. The summed E-state index contributed by atoms with van der Waals surface area (Å²) in [5.74, 6) is 3.65. The average molecular weight is 254 g/mol. The number of rotatable bonds is 6. The third kappa shape index (κ3) is 7.61. The Morgan fingerprint density at radius 3 is 2.47 bits per heavy atom. The summed E-state index contributed by atoms with van der Waals surface area (Å²) >= 11 is 0. The standard InChI is InChI=1S/C11H14F4O2/c1-2-3-4-5-6-7-8-17-10(16)9(12)11(13,14)15/h9H,4-8H2,1H3. The zero-order valence-corrected chi connectivity index (χ0v) is 9.44. The van der Waals surface area contributed by atoms with Gasteiger partial charge in [-0.2, -0.15) is 13.2 Å². The summed E-state index contributed by atoms with van der Waals surface area (Å²) in [6.45, 7) is 1.51. The summed E-state index contributed by atoms with van der Waals surface area (Å²) < 4.78 is 51.7. The molecular weight excluding hydrogens is 240 g/mol. The van der Waals surface area contributed by atoms with E-state index in [1.165, 1.54) is 0 Å². The van der Waals surface area contributed by atoms with Crippen molar-refractivity contribution in [3.8, 4) is 11.8 Å². The van der Waals surface area contributed by atoms with Crippen molar-refractivity contribution >= 4 is 5.97 Å². The molecule has 0 aromatic rings. The van der Waals surface area contributed by atoms with Crippen molar-refractivity contribution in [2.45, 2.75) is 45.0 Å². The summed E-state index contributed by atoms with van der Waals surface area (Å²) in [5.41, 5.74) is 0. The van der Waals surface area contributed by atoms with Crippen LogP contribution in [0.3, 0.4) is 0 Å². The zero-order valence-electron chi connectivity index (χ0n) is 9.44. The molecule has 0 rings (SSSR count). The Kier molecular flexibility index (Phi) is 7.35. The quantitative estimate of drug-likeness (QED) is 0.315. The van der Waals surface area contributed by atoms with Gasteiger partial charge < -0.3 is 4.74 Å². The van der Waals surface area contributed by atoms with Crippen LogP contribution in [0.15, 0.2) is 0 Å². The number of halogens is 4. The molecule has 98 valence electrons. The molecular formula is C11H14F4O2. The number of carbonyl (C=O) groups excluding carboxylic acids is 1. The lowest BCUT2D eigenvalue weighted by Gasteiger charge is -2.11. The van der Waals surface area contributed by atoms with Crippen LogP contribution in [0.4, 0.5) is 17.6 Å². The fourth-order valence-corrected chi connectivity index (χ4v) is 0.997. The summed E-state index contributed by atoms with van der Waals surface area (Å²) in [6.07, 6.45) is -6.19. The lowest BCUT2D eigenvalue weighted by atomic mass is 10.2. The Balaban J connectivity index is 3.61. The maximum Gasteiger partial charge on any atom is 0.430 e. The first-order chi connectivity index (χ1) is 7.89. The van der Waals surface area contributed by atoms with Gasteiger partial charge in [0.15, 0.2) is 0 Å². The van der Waals surface area contributed by atoms with Crippen LogP contribution in [-0.2, 0) is 9.53 Å². The van der Waals surface area contributed by atoms with Crippen LogP contribution in [0.25, 0.3) is 0 Å². The lowest BCUT2D eigenvalue weighted by Crippen LogP contribution is -2.34. The van der Waals surface area contributed by atoms with Crippen molar-refractivity contribution in [3.63, 3.8) is 0 Å². The van der Waals surface area contributed by atoms with Crippen molar-refractivity contribution in [2.75, 3.05) is 6.61 Å². The van der Waals surface area contributed by atoms with Gasteiger partial charge in [0.25, 0.3) is 6.17 Å². The van der Waals surface area contributed by atoms with Gasteiger partial charge in [-0.15, -0.1) is 11.8 Å². The lowest BCUT2D eigenvalue weighted by molar-refractivity contribution is -0.201. The number of esters is 1. The molecule has 1 atom stereocenters. The van der Waals surface area contributed by atoms with Crippen LogP contribution in [0.5, 0.6) is 0 Å². The molecule has 1 unspecified atom stereocenters. The van der Waals surface area contributed by atoms with Crippen LogP contribution in [0.2, 0.25) is 0 Å². The molecule has 0 aliphatic carbocycles. The van der Waals surface area contributed by atoms with Gasteiger partial charge in [-0.1, -0.05) is 0 Å².